The van der Waals surface area contributed by atoms with E-state index in [2.05, 4.69) is 29.7 Å². The van der Waals surface area contributed by atoms with Gasteiger partial charge in [0.2, 0.25) is 0 Å². The van der Waals surface area contributed by atoms with E-state index in [9.17, 15) is 4.39 Å². The van der Waals surface area contributed by atoms with Gasteiger partial charge in [-0.2, -0.15) is 0 Å². The number of ether oxygens (including phenoxy) is 1. The Morgan fingerprint density at radius 2 is 1.82 bits per heavy atom. The zero-order valence-corrected chi connectivity index (χ0v) is 18.4. The molecule has 7 nitrogen and oxygen atoms in total. The van der Waals surface area contributed by atoms with Crippen LogP contribution in [0.2, 0.25) is 0 Å². The lowest BCUT2D eigenvalue weighted by molar-refractivity contribution is 0.415. The topological polar surface area (TPSA) is 84.4 Å². The molecule has 0 bridgehead atoms. The quantitative estimate of drug-likeness (QED) is 0.352. The van der Waals surface area contributed by atoms with Crippen molar-refractivity contribution in [2.45, 2.75) is 32.2 Å². The predicted molar refractivity (Wildman–Crippen MR) is 124 cm³/mol. The van der Waals surface area contributed by atoms with E-state index in [1.807, 2.05) is 30.6 Å². The molecule has 0 saturated heterocycles. The molecule has 0 aliphatic heterocycles. The molecule has 3 aromatic heterocycles. The highest BCUT2D eigenvalue weighted by Gasteiger charge is 2.16. The molecule has 33 heavy (non-hydrogen) atoms. The van der Waals surface area contributed by atoms with Crippen molar-refractivity contribution in [1.82, 2.24) is 29.7 Å². The van der Waals surface area contributed by atoms with Crippen LogP contribution in [0.4, 0.5) is 4.39 Å². The number of fused-ring (bicyclic) bond motifs is 1. The molecule has 0 atom stereocenters. The largest absolute Gasteiger partial charge is 0.497 e. The van der Waals surface area contributed by atoms with Gasteiger partial charge < -0.3 is 19.3 Å². The molecule has 0 aliphatic rings. The average molecular weight is 445 g/mol. The molecule has 0 amide bonds. The molecule has 0 saturated carbocycles. The first kappa shape index (κ1) is 20.9. The molecule has 5 aromatic rings. The van der Waals surface area contributed by atoms with Crippen molar-refractivity contribution >= 4 is 10.9 Å². The Bertz CT molecular complexity index is 1340. The van der Waals surface area contributed by atoms with Gasteiger partial charge in [0.15, 0.2) is 0 Å². The lowest BCUT2D eigenvalue weighted by atomic mass is 10.1. The number of aromatic nitrogens is 6. The molecular formula is C25H25FN6O. The van der Waals surface area contributed by atoms with E-state index >= 15 is 0 Å². The Morgan fingerprint density at radius 1 is 1.00 bits per heavy atom. The number of aromatic amines is 2. The second kappa shape index (κ2) is 9.28. The van der Waals surface area contributed by atoms with Crippen molar-refractivity contribution in [3.05, 3.63) is 95.5 Å². The standard InChI is InChI=1S/C25H25FN6O/c1-33-21-8-9-23-22(13-21)18(14-28-23)12-25-31-30-24(11-17-4-6-19(26)7-5-17)32(25)10-2-3-20-15-27-16-29-20/h4-9,13-16,28H,2-3,10-12H2,1H3,(H,27,29). The zero-order chi connectivity index (χ0) is 22.6. The molecule has 2 N–H and O–H groups in total. The zero-order valence-electron chi connectivity index (χ0n) is 18.4. The summed E-state index contributed by atoms with van der Waals surface area (Å²) in [5.74, 6) is 2.36. The van der Waals surface area contributed by atoms with Crippen LogP contribution in [0.3, 0.4) is 0 Å². The van der Waals surface area contributed by atoms with E-state index in [-0.39, 0.29) is 5.82 Å². The van der Waals surface area contributed by atoms with Gasteiger partial charge in [-0.1, -0.05) is 12.1 Å². The lowest BCUT2D eigenvalue weighted by Crippen LogP contribution is -2.10. The first-order chi connectivity index (χ1) is 16.2. The molecule has 8 heteroatoms. The molecule has 0 aliphatic carbocycles. The molecule has 3 heterocycles. The molecule has 0 spiro atoms. The van der Waals surface area contributed by atoms with Crippen LogP contribution in [0.5, 0.6) is 5.75 Å². The van der Waals surface area contributed by atoms with Crippen LogP contribution < -0.4 is 4.74 Å². The van der Waals surface area contributed by atoms with Crippen LogP contribution in [0.1, 0.15) is 34.9 Å². The predicted octanol–water partition coefficient (Wildman–Crippen LogP) is 4.44. The summed E-state index contributed by atoms with van der Waals surface area (Å²) < 4.78 is 20.9. The highest BCUT2D eigenvalue weighted by molar-refractivity contribution is 5.84. The lowest BCUT2D eigenvalue weighted by Gasteiger charge is -2.11. The number of imidazole rings is 1. The van der Waals surface area contributed by atoms with Crippen LogP contribution in [0.25, 0.3) is 10.9 Å². The van der Waals surface area contributed by atoms with E-state index in [1.165, 1.54) is 12.1 Å². The van der Waals surface area contributed by atoms with Crippen LogP contribution in [-0.2, 0) is 25.8 Å². The highest BCUT2D eigenvalue weighted by atomic mass is 19.1. The minimum absolute atomic E-state index is 0.241. The Morgan fingerprint density at radius 3 is 2.58 bits per heavy atom. The Hall–Kier alpha value is -3.94. The summed E-state index contributed by atoms with van der Waals surface area (Å²) in [6.07, 6.45) is 8.62. The monoisotopic (exact) mass is 444 g/mol. The fourth-order valence-corrected chi connectivity index (χ4v) is 4.13. The van der Waals surface area contributed by atoms with Gasteiger partial charge in [0.05, 0.1) is 13.4 Å². The van der Waals surface area contributed by atoms with Crippen molar-refractivity contribution in [2.75, 3.05) is 7.11 Å². The maximum atomic E-state index is 13.4. The van der Waals surface area contributed by atoms with Gasteiger partial charge in [-0.3, -0.25) is 0 Å². The van der Waals surface area contributed by atoms with Gasteiger partial charge in [0.1, 0.15) is 23.2 Å². The maximum Gasteiger partial charge on any atom is 0.137 e. The molecular weight excluding hydrogens is 419 g/mol. The Kier molecular flexibility index (Phi) is 5.89. The second-order valence-electron chi connectivity index (χ2n) is 8.07. The van der Waals surface area contributed by atoms with Crippen LogP contribution in [-0.4, -0.2) is 36.8 Å². The van der Waals surface area contributed by atoms with E-state index in [1.54, 1.807) is 25.6 Å². The molecule has 5 rings (SSSR count). The highest BCUT2D eigenvalue weighted by Crippen LogP contribution is 2.25. The summed E-state index contributed by atoms with van der Waals surface area (Å²) in [7, 11) is 1.67. The van der Waals surface area contributed by atoms with Crippen molar-refractivity contribution in [1.29, 1.82) is 0 Å². The molecule has 0 unspecified atom stereocenters. The van der Waals surface area contributed by atoms with E-state index < -0.39 is 0 Å². The van der Waals surface area contributed by atoms with Crippen molar-refractivity contribution in [3.63, 3.8) is 0 Å². The molecule has 2 aromatic carbocycles. The van der Waals surface area contributed by atoms with Gasteiger partial charge in [-0.05, 0) is 54.3 Å². The van der Waals surface area contributed by atoms with Crippen LogP contribution in [0, 0.1) is 5.82 Å². The van der Waals surface area contributed by atoms with Gasteiger partial charge in [0.25, 0.3) is 0 Å². The van der Waals surface area contributed by atoms with Crippen molar-refractivity contribution in [3.8, 4) is 5.75 Å². The van der Waals surface area contributed by atoms with E-state index in [0.717, 1.165) is 64.5 Å². The van der Waals surface area contributed by atoms with Gasteiger partial charge in [0, 0.05) is 48.4 Å². The van der Waals surface area contributed by atoms with Gasteiger partial charge in [-0.25, -0.2) is 9.37 Å². The van der Waals surface area contributed by atoms with Crippen LogP contribution >= 0.6 is 0 Å². The number of hydrogen-bond donors (Lipinski definition) is 2. The average Bonchev–Trinajstić information content (AvgIpc) is 3.58. The Labute approximate surface area is 190 Å². The summed E-state index contributed by atoms with van der Waals surface area (Å²) in [6.45, 7) is 0.781. The van der Waals surface area contributed by atoms with E-state index in [4.69, 9.17) is 4.74 Å². The minimum atomic E-state index is -0.241. The number of H-pyrrole nitrogens is 2. The second-order valence-corrected chi connectivity index (χ2v) is 8.07. The molecule has 0 radical (unpaired) electrons. The number of halogens is 1. The first-order valence-corrected chi connectivity index (χ1v) is 11.0. The SMILES string of the molecule is COc1ccc2[nH]cc(Cc3nnc(Cc4ccc(F)cc4)n3CCCc3cnc[nH]3)c2c1. The van der Waals surface area contributed by atoms with Gasteiger partial charge in [-0.15, -0.1) is 10.2 Å². The van der Waals surface area contributed by atoms with Crippen molar-refractivity contribution < 1.29 is 9.13 Å². The number of nitrogens with zero attached hydrogens (tertiary/aromatic N) is 4. The maximum absolute atomic E-state index is 13.4. The summed E-state index contributed by atoms with van der Waals surface area (Å²) in [5, 5.41) is 10.2. The van der Waals surface area contributed by atoms with Crippen molar-refractivity contribution in [2.24, 2.45) is 0 Å². The van der Waals surface area contributed by atoms with E-state index in [0.29, 0.717) is 12.8 Å². The first-order valence-electron chi connectivity index (χ1n) is 11.0. The smallest absolute Gasteiger partial charge is 0.137 e. The van der Waals surface area contributed by atoms with Gasteiger partial charge >= 0.3 is 0 Å². The summed E-state index contributed by atoms with van der Waals surface area (Å²) in [6, 6.07) is 12.6. The number of aryl methyl sites for hydroxylation is 1. The number of methoxy groups -OCH3 is 1. The summed E-state index contributed by atoms with van der Waals surface area (Å²) in [4.78, 5) is 10.6. The number of hydrogen-bond acceptors (Lipinski definition) is 4. The number of nitrogens with one attached hydrogen (secondary N) is 2. The third kappa shape index (κ3) is 4.64. The summed E-state index contributed by atoms with van der Waals surface area (Å²) >= 11 is 0. The third-order valence-electron chi connectivity index (χ3n) is 5.89. The molecule has 168 valence electrons. The number of rotatable bonds is 9. The Balaban J connectivity index is 1.43. The fourth-order valence-electron chi connectivity index (χ4n) is 4.13. The van der Waals surface area contributed by atoms with Crippen LogP contribution in [0.15, 0.2) is 61.2 Å². The fraction of sp³-hybridized carbons (Fsp3) is 0.240. The normalized spacial score (nSPS) is 11.3. The summed E-state index contributed by atoms with van der Waals surface area (Å²) in [5.41, 5.74) is 4.30. The number of benzene rings is 2. The molecule has 0 fully saturated rings. The minimum Gasteiger partial charge on any atom is -0.497 e. The third-order valence-corrected chi connectivity index (χ3v) is 5.89.